The molecular formula is C22H19N3O4S. The molecule has 0 aliphatic rings. The van der Waals surface area contributed by atoms with Crippen molar-refractivity contribution in [2.75, 3.05) is 5.32 Å². The van der Waals surface area contributed by atoms with Crippen LogP contribution < -0.4 is 15.4 Å². The number of carbonyl (C=O) groups is 1. The normalized spacial score (nSPS) is 10.2. The second-order valence-corrected chi connectivity index (χ2v) is 6.87. The minimum Gasteiger partial charge on any atom is -0.489 e. The molecule has 2 N–H and O–H groups in total. The SMILES string of the molecule is Cc1cc([N+](=O)[O-])ccc1NC(=S)NC(=O)c1ccc(OCc2ccccc2)cc1. The number of benzene rings is 3. The fourth-order valence-electron chi connectivity index (χ4n) is 2.67. The molecule has 0 heterocycles. The smallest absolute Gasteiger partial charge is 0.269 e. The van der Waals surface area contributed by atoms with Crippen molar-refractivity contribution in [1.82, 2.24) is 5.32 Å². The van der Waals surface area contributed by atoms with E-state index < -0.39 is 4.92 Å². The number of amides is 1. The van der Waals surface area contributed by atoms with Crippen LogP contribution in [-0.4, -0.2) is 15.9 Å². The zero-order chi connectivity index (χ0) is 21.5. The quantitative estimate of drug-likeness (QED) is 0.343. The van der Waals surface area contributed by atoms with E-state index in [1.807, 2.05) is 30.3 Å². The number of aryl methyl sites for hydroxylation is 1. The number of hydrogen-bond acceptors (Lipinski definition) is 5. The zero-order valence-corrected chi connectivity index (χ0v) is 16.9. The molecule has 0 bridgehead atoms. The number of thiocarbonyl (C=S) groups is 1. The molecular weight excluding hydrogens is 402 g/mol. The number of hydrogen-bond donors (Lipinski definition) is 2. The fraction of sp³-hybridized carbons (Fsp3) is 0.0909. The van der Waals surface area contributed by atoms with E-state index >= 15 is 0 Å². The van der Waals surface area contributed by atoms with E-state index in [1.54, 1.807) is 37.3 Å². The summed E-state index contributed by atoms with van der Waals surface area (Å²) in [6.45, 7) is 2.16. The second-order valence-electron chi connectivity index (χ2n) is 6.46. The molecule has 3 aromatic rings. The van der Waals surface area contributed by atoms with Gasteiger partial charge in [-0.05, 0) is 60.6 Å². The van der Waals surface area contributed by atoms with Crippen molar-refractivity contribution in [2.45, 2.75) is 13.5 Å². The molecule has 3 aromatic carbocycles. The van der Waals surface area contributed by atoms with E-state index in [2.05, 4.69) is 10.6 Å². The molecule has 8 heteroatoms. The van der Waals surface area contributed by atoms with Gasteiger partial charge in [0.15, 0.2) is 5.11 Å². The van der Waals surface area contributed by atoms with Gasteiger partial charge < -0.3 is 10.1 Å². The number of nitro groups is 1. The highest BCUT2D eigenvalue weighted by Gasteiger charge is 2.11. The predicted molar refractivity (Wildman–Crippen MR) is 119 cm³/mol. The third kappa shape index (κ3) is 5.62. The van der Waals surface area contributed by atoms with Gasteiger partial charge in [0.1, 0.15) is 12.4 Å². The van der Waals surface area contributed by atoms with Crippen LogP contribution in [0.4, 0.5) is 11.4 Å². The van der Waals surface area contributed by atoms with Crippen LogP contribution in [0.25, 0.3) is 0 Å². The van der Waals surface area contributed by atoms with Crippen LogP contribution in [0.3, 0.4) is 0 Å². The van der Waals surface area contributed by atoms with Gasteiger partial charge in [0.25, 0.3) is 11.6 Å². The molecule has 30 heavy (non-hydrogen) atoms. The van der Waals surface area contributed by atoms with E-state index in [0.29, 0.717) is 29.2 Å². The molecule has 0 unspecified atom stereocenters. The van der Waals surface area contributed by atoms with E-state index in [0.717, 1.165) is 5.56 Å². The lowest BCUT2D eigenvalue weighted by atomic mass is 10.2. The fourth-order valence-corrected chi connectivity index (χ4v) is 2.88. The molecule has 0 atom stereocenters. The third-order valence-corrected chi connectivity index (χ3v) is 4.47. The van der Waals surface area contributed by atoms with Gasteiger partial charge >= 0.3 is 0 Å². The maximum absolute atomic E-state index is 12.4. The standard InChI is InChI=1S/C22H19N3O4S/c1-15-13-18(25(27)28)9-12-20(15)23-22(30)24-21(26)17-7-10-19(11-8-17)29-14-16-5-3-2-4-6-16/h2-13H,14H2,1H3,(H2,23,24,26,30). The van der Waals surface area contributed by atoms with E-state index in [9.17, 15) is 14.9 Å². The Labute approximate surface area is 178 Å². The first-order valence-electron chi connectivity index (χ1n) is 9.06. The van der Waals surface area contributed by atoms with Crippen molar-refractivity contribution < 1.29 is 14.5 Å². The predicted octanol–water partition coefficient (Wildman–Crippen LogP) is 4.61. The van der Waals surface area contributed by atoms with Gasteiger partial charge in [-0.3, -0.25) is 20.2 Å². The van der Waals surface area contributed by atoms with Gasteiger partial charge in [-0.1, -0.05) is 30.3 Å². The summed E-state index contributed by atoms with van der Waals surface area (Å²) in [6, 6.07) is 20.9. The molecule has 0 saturated carbocycles. The summed E-state index contributed by atoms with van der Waals surface area (Å²) < 4.78 is 5.71. The topological polar surface area (TPSA) is 93.5 Å². The maximum atomic E-state index is 12.4. The van der Waals surface area contributed by atoms with Crippen LogP contribution in [0.15, 0.2) is 72.8 Å². The summed E-state index contributed by atoms with van der Waals surface area (Å²) in [4.78, 5) is 22.7. The number of nitrogens with zero attached hydrogens (tertiary/aromatic N) is 1. The molecule has 0 saturated heterocycles. The maximum Gasteiger partial charge on any atom is 0.269 e. The van der Waals surface area contributed by atoms with Crippen molar-refractivity contribution >= 4 is 34.6 Å². The Morgan fingerprint density at radius 3 is 2.40 bits per heavy atom. The number of nitro benzene ring substituents is 1. The lowest BCUT2D eigenvalue weighted by Gasteiger charge is -2.12. The summed E-state index contributed by atoms with van der Waals surface area (Å²) in [7, 11) is 0. The van der Waals surface area contributed by atoms with Gasteiger partial charge in [-0.15, -0.1) is 0 Å². The summed E-state index contributed by atoms with van der Waals surface area (Å²) in [5.41, 5.74) is 2.68. The Balaban J connectivity index is 1.55. The second kappa shape index (κ2) is 9.62. The number of ether oxygens (including phenoxy) is 1. The first-order chi connectivity index (χ1) is 14.4. The molecule has 0 fully saturated rings. The van der Waals surface area contributed by atoms with Crippen molar-refractivity contribution in [1.29, 1.82) is 0 Å². The Bertz CT molecular complexity index is 1070. The highest BCUT2D eigenvalue weighted by molar-refractivity contribution is 7.80. The van der Waals surface area contributed by atoms with Gasteiger partial charge in [0, 0.05) is 23.4 Å². The first-order valence-corrected chi connectivity index (χ1v) is 9.47. The van der Waals surface area contributed by atoms with Crippen LogP contribution in [-0.2, 0) is 6.61 Å². The highest BCUT2D eigenvalue weighted by Crippen LogP contribution is 2.21. The van der Waals surface area contributed by atoms with Crippen molar-refractivity contribution in [3.8, 4) is 5.75 Å². The zero-order valence-electron chi connectivity index (χ0n) is 16.1. The molecule has 1 amide bonds. The van der Waals surface area contributed by atoms with E-state index in [4.69, 9.17) is 17.0 Å². The van der Waals surface area contributed by atoms with Crippen LogP contribution in [0.2, 0.25) is 0 Å². The number of rotatable bonds is 6. The number of anilines is 1. The van der Waals surface area contributed by atoms with Gasteiger partial charge in [-0.25, -0.2) is 0 Å². The van der Waals surface area contributed by atoms with Crippen molar-refractivity contribution in [3.05, 3.63) is 99.6 Å². The van der Waals surface area contributed by atoms with Gasteiger partial charge in [-0.2, -0.15) is 0 Å². The molecule has 0 aliphatic carbocycles. The first kappa shape index (κ1) is 20.9. The Kier molecular flexibility index (Phi) is 6.71. The van der Waals surface area contributed by atoms with Crippen molar-refractivity contribution in [3.63, 3.8) is 0 Å². The molecule has 152 valence electrons. The van der Waals surface area contributed by atoms with Crippen LogP contribution in [0.5, 0.6) is 5.75 Å². The van der Waals surface area contributed by atoms with E-state index in [1.165, 1.54) is 12.1 Å². The Morgan fingerprint density at radius 2 is 1.77 bits per heavy atom. The molecule has 0 radical (unpaired) electrons. The Morgan fingerprint density at radius 1 is 1.07 bits per heavy atom. The minimum atomic E-state index is -0.468. The van der Waals surface area contributed by atoms with Gasteiger partial charge in [0.05, 0.1) is 4.92 Å². The largest absolute Gasteiger partial charge is 0.489 e. The molecule has 7 nitrogen and oxygen atoms in total. The molecule has 0 aliphatic heterocycles. The monoisotopic (exact) mass is 421 g/mol. The molecule has 3 rings (SSSR count). The highest BCUT2D eigenvalue weighted by atomic mass is 32.1. The summed E-state index contributed by atoms with van der Waals surface area (Å²) in [5, 5.41) is 16.4. The van der Waals surface area contributed by atoms with E-state index in [-0.39, 0.29) is 16.7 Å². The Hall–Kier alpha value is -3.78. The lowest BCUT2D eigenvalue weighted by molar-refractivity contribution is -0.384. The van der Waals surface area contributed by atoms with Crippen LogP contribution in [0, 0.1) is 17.0 Å². The average molecular weight is 421 g/mol. The molecule has 0 aromatic heterocycles. The number of non-ortho nitro benzene ring substituents is 1. The minimum absolute atomic E-state index is 0.0115. The summed E-state index contributed by atoms with van der Waals surface area (Å²) in [5.74, 6) is 0.277. The van der Waals surface area contributed by atoms with Crippen LogP contribution in [0.1, 0.15) is 21.5 Å². The number of nitrogens with one attached hydrogen (secondary N) is 2. The number of carbonyl (C=O) groups excluding carboxylic acids is 1. The van der Waals surface area contributed by atoms with Crippen LogP contribution >= 0.6 is 12.2 Å². The summed E-state index contributed by atoms with van der Waals surface area (Å²) in [6.07, 6.45) is 0. The summed E-state index contributed by atoms with van der Waals surface area (Å²) >= 11 is 5.18. The lowest BCUT2D eigenvalue weighted by Crippen LogP contribution is -2.34. The molecule has 0 spiro atoms. The van der Waals surface area contributed by atoms with Gasteiger partial charge in [0.2, 0.25) is 0 Å². The average Bonchev–Trinajstić information content (AvgIpc) is 2.74. The third-order valence-electron chi connectivity index (χ3n) is 4.26. The van der Waals surface area contributed by atoms with Crippen molar-refractivity contribution in [2.24, 2.45) is 0 Å².